The third kappa shape index (κ3) is 4.52. The lowest BCUT2D eigenvalue weighted by Gasteiger charge is -2.28. The van der Waals surface area contributed by atoms with Gasteiger partial charge in [-0.2, -0.15) is 0 Å². The second kappa shape index (κ2) is 6.36. The van der Waals surface area contributed by atoms with Crippen LogP contribution in [0.3, 0.4) is 0 Å². The third-order valence-corrected chi connectivity index (χ3v) is 4.47. The molecule has 0 aromatic heterocycles. The fourth-order valence-corrected chi connectivity index (χ4v) is 2.87. The molecule has 1 unspecified atom stereocenters. The topological polar surface area (TPSA) is 41.5 Å². The summed E-state index contributed by atoms with van der Waals surface area (Å²) < 4.78 is 5.80. The highest BCUT2D eigenvalue weighted by Crippen LogP contribution is 2.39. The van der Waals surface area contributed by atoms with Crippen LogP contribution in [0.1, 0.15) is 58.8 Å². The van der Waals surface area contributed by atoms with Gasteiger partial charge in [-0.15, -0.1) is 0 Å². The summed E-state index contributed by atoms with van der Waals surface area (Å²) in [5.74, 6) is 0.795. The van der Waals surface area contributed by atoms with Gasteiger partial charge in [-0.3, -0.25) is 0 Å². The molecule has 3 nitrogen and oxygen atoms in total. The maximum Gasteiger partial charge on any atom is 0.0898 e. The normalized spacial score (nSPS) is 24.2. The first-order valence-electron chi connectivity index (χ1n) is 7.62. The van der Waals surface area contributed by atoms with Crippen molar-refractivity contribution in [1.29, 1.82) is 0 Å². The van der Waals surface area contributed by atoms with Crippen molar-refractivity contribution in [2.75, 3.05) is 13.2 Å². The van der Waals surface area contributed by atoms with Crippen LogP contribution in [-0.2, 0) is 4.74 Å². The van der Waals surface area contributed by atoms with E-state index in [2.05, 4.69) is 19.2 Å². The molecular weight excluding hydrogens is 226 g/mol. The summed E-state index contributed by atoms with van der Waals surface area (Å²) in [4.78, 5) is 0. The van der Waals surface area contributed by atoms with Gasteiger partial charge < -0.3 is 15.2 Å². The molecule has 18 heavy (non-hydrogen) atoms. The van der Waals surface area contributed by atoms with E-state index in [0.29, 0.717) is 19.3 Å². The maximum atomic E-state index is 9.96. The zero-order chi connectivity index (χ0) is 13.0. The number of hydrogen-bond acceptors (Lipinski definition) is 3. The molecule has 2 N–H and O–H groups in total. The SMILES string of the molecule is CC(C)(NCC(O)COC1CCCCC1)C1CC1. The highest BCUT2D eigenvalue weighted by Gasteiger charge is 2.37. The molecule has 106 valence electrons. The van der Waals surface area contributed by atoms with Crippen molar-refractivity contribution < 1.29 is 9.84 Å². The van der Waals surface area contributed by atoms with Crippen LogP contribution in [0.4, 0.5) is 0 Å². The lowest BCUT2D eigenvalue weighted by molar-refractivity contribution is -0.0248. The number of hydrogen-bond donors (Lipinski definition) is 2. The molecule has 0 aromatic carbocycles. The monoisotopic (exact) mass is 255 g/mol. The van der Waals surface area contributed by atoms with Gasteiger partial charge in [-0.25, -0.2) is 0 Å². The van der Waals surface area contributed by atoms with Gasteiger partial charge in [0.15, 0.2) is 0 Å². The Morgan fingerprint density at radius 2 is 1.83 bits per heavy atom. The van der Waals surface area contributed by atoms with Crippen LogP contribution in [0, 0.1) is 5.92 Å². The molecule has 2 saturated carbocycles. The number of aliphatic hydroxyl groups excluding tert-OH is 1. The molecular formula is C15H29NO2. The Labute approximate surface area is 111 Å². The number of β-amino-alcohol motifs (C(OH)–C–C–N with tert-alkyl or cyclic N) is 1. The lowest BCUT2D eigenvalue weighted by Crippen LogP contribution is -2.46. The van der Waals surface area contributed by atoms with Crippen LogP contribution in [0.2, 0.25) is 0 Å². The smallest absolute Gasteiger partial charge is 0.0898 e. The quantitative estimate of drug-likeness (QED) is 0.734. The molecule has 0 aromatic rings. The highest BCUT2D eigenvalue weighted by atomic mass is 16.5. The van der Waals surface area contributed by atoms with E-state index < -0.39 is 0 Å². The molecule has 2 aliphatic rings. The second-order valence-electron chi connectivity index (χ2n) is 6.62. The molecule has 2 rings (SSSR count). The number of rotatable bonds is 7. The largest absolute Gasteiger partial charge is 0.389 e. The van der Waals surface area contributed by atoms with Gasteiger partial charge in [0.05, 0.1) is 18.8 Å². The van der Waals surface area contributed by atoms with E-state index in [-0.39, 0.29) is 11.6 Å². The Kier molecular flexibility index (Phi) is 5.05. The Morgan fingerprint density at radius 1 is 1.17 bits per heavy atom. The molecule has 0 heterocycles. The van der Waals surface area contributed by atoms with Gasteiger partial charge in [-0.05, 0) is 45.4 Å². The van der Waals surface area contributed by atoms with Crippen LogP contribution in [0.15, 0.2) is 0 Å². The van der Waals surface area contributed by atoms with Crippen LogP contribution < -0.4 is 5.32 Å². The zero-order valence-electron chi connectivity index (χ0n) is 12.0. The van der Waals surface area contributed by atoms with E-state index in [1.165, 1.54) is 44.9 Å². The van der Waals surface area contributed by atoms with Crippen molar-refractivity contribution in [3.63, 3.8) is 0 Å². The van der Waals surface area contributed by atoms with E-state index in [0.717, 1.165) is 5.92 Å². The van der Waals surface area contributed by atoms with Gasteiger partial charge in [0.2, 0.25) is 0 Å². The minimum Gasteiger partial charge on any atom is -0.389 e. The van der Waals surface area contributed by atoms with Gasteiger partial charge >= 0.3 is 0 Å². The molecule has 0 radical (unpaired) electrons. The molecule has 3 heteroatoms. The van der Waals surface area contributed by atoms with E-state index in [1.807, 2.05) is 0 Å². The molecule has 2 aliphatic carbocycles. The summed E-state index contributed by atoms with van der Waals surface area (Å²) >= 11 is 0. The minimum atomic E-state index is -0.370. The molecule has 0 aliphatic heterocycles. The standard InChI is InChI=1S/C15H29NO2/c1-15(2,12-8-9-12)16-10-13(17)11-18-14-6-4-3-5-7-14/h12-14,16-17H,3-11H2,1-2H3. The van der Waals surface area contributed by atoms with Gasteiger partial charge in [-0.1, -0.05) is 19.3 Å². The first kappa shape index (κ1) is 14.3. The molecule has 0 spiro atoms. The molecule has 0 amide bonds. The van der Waals surface area contributed by atoms with E-state index in [9.17, 15) is 5.11 Å². The van der Waals surface area contributed by atoms with Crippen LogP contribution >= 0.6 is 0 Å². The summed E-state index contributed by atoms with van der Waals surface area (Å²) in [5, 5.41) is 13.4. The average Bonchev–Trinajstić information content (AvgIpc) is 3.20. The minimum absolute atomic E-state index is 0.172. The summed E-state index contributed by atoms with van der Waals surface area (Å²) in [6, 6.07) is 0. The Bertz CT molecular complexity index is 245. The van der Waals surface area contributed by atoms with Gasteiger partial charge in [0, 0.05) is 12.1 Å². The molecule has 0 bridgehead atoms. The van der Waals surface area contributed by atoms with Crippen LogP contribution in [0.5, 0.6) is 0 Å². The predicted molar refractivity (Wildman–Crippen MR) is 73.6 cm³/mol. The summed E-state index contributed by atoms with van der Waals surface area (Å²) in [5.41, 5.74) is 0.172. The van der Waals surface area contributed by atoms with Crippen LogP contribution in [-0.4, -0.2) is 36.0 Å². The zero-order valence-corrected chi connectivity index (χ0v) is 12.0. The third-order valence-electron chi connectivity index (χ3n) is 4.47. The number of nitrogens with one attached hydrogen (secondary N) is 1. The summed E-state index contributed by atoms with van der Waals surface area (Å²) in [6.45, 7) is 5.60. The van der Waals surface area contributed by atoms with Crippen molar-refractivity contribution in [2.45, 2.75) is 76.5 Å². The molecule has 1 atom stereocenters. The van der Waals surface area contributed by atoms with Crippen molar-refractivity contribution in [1.82, 2.24) is 5.32 Å². The van der Waals surface area contributed by atoms with Crippen molar-refractivity contribution in [2.24, 2.45) is 5.92 Å². The fraction of sp³-hybridized carbons (Fsp3) is 1.00. The second-order valence-corrected chi connectivity index (χ2v) is 6.62. The van der Waals surface area contributed by atoms with Gasteiger partial charge in [0.1, 0.15) is 0 Å². The fourth-order valence-electron chi connectivity index (χ4n) is 2.87. The Morgan fingerprint density at radius 3 is 2.44 bits per heavy atom. The average molecular weight is 255 g/mol. The Balaban J connectivity index is 1.58. The summed E-state index contributed by atoms with van der Waals surface area (Å²) in [6.07, 6.45) is 8.95. The molecule has 0 saturated heterocycles. The summed E-state index contributed by atoms with van der Waals surface area (Å²) in [7, 11) is 0. The van der Waals surface area contributed by atoms with Crippen molar-refractivity contribution in [3.05, 3.63) is 0 Å². The Hall–Kier alpha value is -0.120. The first-order chi connectivity index (χ1) is 8.58. The highest BCUT2D eigenvalue weighted by molar-refractivity contribution is 4.94. The van der Waals surface area contributed by atoms with Gasteiger partial charge in [0.25, 0.3) is 0 Å². The maximum absolute atomic E-state index is 9.96. The van der Waals surface area contributed by atoms with E-state index >= 15 is 0 Å². The number of aliphatic hydroxyl groups is 1. The first-order valence-corrected chi connectivity index (χ1v) is 7.62. The molecule has 2 fully saturated rings. The van der Waals surface area contributed by atoms with Crippen molar-refractivity contribution >= 4 is 0 Å². The van der Waals surface area contributed by atoms with Crippen molar-refractivity contribution in [3.8, 4) is 0 Å². The van der Waals surface area contributed by atoms with E-state index in [4.69, 9.17) is 4.74 Å². The lowest BCUT2D eigenvalue weighted by atomic mass is 9.97. The predicted octanol–water partition coefficient (Wildman–Crippen LogP) is 2.47. The van der Waals surface area contributed by atoms with E-state index in [1.54, 1.807) is 0 Å². The number of ether oxygens (including phenoxy) is 1. The van der Waals surface area contributed by atoms with Crippen LogP contribution in [0.25, 0.3) is 0 Å².